The number of oxime groups is 1. The van der Waals surface area contributed by atoms with Crippen LogP contribution in [0.5, 0.6) is 11.5 Å². The van der Waals surface area contributed by atoms with Crippen LogP contribution in [0.1, 0.15) is 5.69 Å². The second-order valence-electron chi connectivity index (χ2n) is 8.00. The number of carbonyl (C=O) groups is 3. The molecule has 5 rings (SSSR count). The number of hydrogen-bond donors (Lipinski definition) is 6. The standard InChI is InChI=1S/C21H19N7O7S3/c1-35-27-13(10-6-37-20(22)23-10)16(31)26-14-17(32)28-15(19(33)34)7(4-36-18(14)28)5-38-21-24-8-2-11(29)12(30)3-9(8)25-21/h2-3,6,14,18,29-30H,4-5H2,1H3,(H2,22,23)(H,24,25)(H,26,31)(H,33,34)/t14-,18+/m1/s1. The van der Waals surface area contributed by atoms with E-state index in [1.54, 1.807) is 0 Å². The number of imidazole rings is 1. The van der Waals surface area contributed by atoms with Crippen molar-refractivity contribution < 1.29 is 34.5 Å². The molecule has 3 aromatic rings. The Morgan fingerprint density at radius 3 is 2.79 bits per heavy atom. The molecule has 2 aromatic heterocycles. The SMILES string of the molecule is CON=C(C(=O)N[C@@H]1C(=O)N2C(C(=O)O)=C(CSc3nc4cc(O)c(O)cc4[nH]3)CS[C@@H]12)c1csc(N)n1. The van der Waals surface area contributed by atoms with Crippen LogP contribution < -0.4 is 11.1 Å². The van der Waals surface area contributed by atoms with Crippen LogP contribution in [-0.4, -0.2) is 88.7 Å². The molecule has 2 amide bonds. The van der Waals surface area contributed by atoms with Crippen LogP contribution in [-0.2, 0) is 19.2 Å². The van der Waals surface area contributed by atoms with Crippen LogP contribution in [0.15, 0.2) is 39.1 Å². The van der Waals surface area contributed by atoms with E-state index in [9.17, 15) is 29.7 Å². The molecule has 17 heteroatoms. The number of rotatable bonds is 8. The summed E-state index contributed by atoms with van der Waals surface area (Å²) in [6.45, 7) is 0. The van der Waals surface area contributed by atoms with Crippen molar-refractivity contribution in [1.29, 1.82) is 0 Å². The summed E-state index contributed by atoms with van der Waals surface area (Å²) in [5.74, 6) is -2.62. The number of thioether (sulfide) groups is 2. The molecule has 2 atom stereocenters. The number of thiazole rings is 1. The van der Waals surface area contributed by atoms with Crippen molar-refractivity contribution in [3.05, 3.63) is 34.5 Å². The number of phenolic OH excluding ortho intramolecular Hbond substituents is 2. The predicted molar refractivity (Wildman–Crippen MR) is 140 cm³/mol. The highest BCUT2D eigenvalue weighted by atomic mass is 32.2. The lowest BCUT2D eigenvalue weighted by atomic mass is 10.0. The smallest absolute Gasteiger partial charge is 0.352 e. The summed E-state index contributed by atoms with van der Waals surface area (Å²) in [6, 6.07) is 1.68. The van der Waals surface area contributed by atoms with Gasteiger partial charge in [0.25, 0.3) is 11.8 Å². The topological polar surface area (TPSA) is 216 Å². The van der Waals surface area contributed by atoms with Gasteiger partial charge in [0.2, 0.25) is 0 Å². The lowest BCUT2D eigenvalue weighted by Crippen LogP contribution is -2.71. The van der Waals surface area contributed by atoms with E-state index in [2.05, 4.69) is 25.4 Å². The van der Waals surface area contributed by atoms with Crippen molar-refractivity contribution in [3.8, 4) is 11.5 Å². The zero-order valence-electron chi connectivity index (χ0n) is 19.4. The maximum Gasteiger partial charge on any atom is 0.352 e. The fourth-order valence-electron chi connectivity index (χ4n) is 3.93. The molecule has 2 aliphatic heterocycles. The van der Waals surface area contributed by atoms with E-state index in [4.69, 9.17) is 10.6 Å². The van der Waals surface area contributed by atoms with Gasteiger partial charge in [-0.2, -0.15) is 0 Å². The van der Waals surface area contributed by atoms with Crippen molar-refractivity contribution in [2.75, 3.05) is 24.3 Å². The highest BCUT2D eigenvalue weighted by Gasteiger charge is 2.54. The van der Waals surface area contributed by atoms with Crippen molar-refractivity contribution in [2.24, 2.45) is 5.16 Å². The van der Waals surface area contributed by atoms with Gasteiger partial charge >= 0.3 is 5.97 Å². The molecule has 1 saturated heterocycles. The lowest BCUT2D eigenvalue weighted by Gasteiger charge is -2.49. The van der Waals surface area contributed by atoms with Crippen molar-refractivity contribution in [2.45, 2.75) is 16.6 Å². The average molecular weight is 578 g/mol. The lowest BCUT2D eigenvalue weighted by molar-refractivity contribution is -0.150. The first-order valence-electron chi connectivity index (χ1n) is 10.8. The molecular formula is C21H19N7O7S3. The van der Waals surface area contributed by atoms with Crippen molar-refractivity contribution in [1.82, 2.24) is 25.2 Å². The Morgan fingerprint density at radius 2 is 2.11 bits per heavy atom. The number of aromatic amines is 1. The second kappa shape index (κ2) is 10.1. The molecule has 4 heterocycles. The molecule has 0 aliphatic carbocycles. The van der Waals surface area contributed by atoms with Crippen molar-refractivity contribution in [3.63, 3.8) is 0 Å². The molecule has 1 aromatic carbocycles. The number of H-pyrrole nitrogens is 1. The number of anilines is 1. The number of aromatic nitrogens is 3. The van der Waals surface area contributed by atoms with Gasteiger partial charge in [0, 0.05) is 29.0 Å². The summed E-state index contributed by atoms with van der Waals surface area (Å²) in [5.41, 5.74) is 6.97. The number of nitrogens with two attached hydrogens (primary N) is 1. The van der Waals surface area contributed by atoms with E-state index < -0.39 is 29.2 Å². The normalized spacial score (nSPS) is 19.3. The number of nitrogens with zero attached hydrogens (tertiary/aromatic N) is 4. The monoisotopic (exact) mass is 577 g/mol. The number of nitrogens with one attached hydrogen (secondary N) is 2. The third-order valence-corrected chi connectivity index (χ3v) is 8.61. The van der Waals surface area contributed by atoms with Gasteiger partial charge in [0.1, 0.15) is 29.9 Å². The summed E-state index contributed by atoms with van der Waals surface area (Å²) in [6.07, 6.45) is 0. The number of carboxylic acid groups (broad SMARTS) is 1. The number of fused-ring (bicyclic) bond motifs is 2. The van der Waals surface area contributed by atoms with Crippen molar-refractivity contribution >= 4 is 74.5 Å². The number of benzene rings is 1. The molecule has 0 saturated carbocycles. The van der Waals surface area contributed by atoms with Gasteiger partial charge in [0.05, 0.1) is 11.0 Å². The van der Waals surface area contributed by atoms with E-state index >= 15 is 0 Å². The summed E-state index contributed by atoms with van der Waals surface area (Å²) < 4.78 is 0. The van der Waals surface area contributed by atoms with Gasteiger partial charge in [-0.3, -0.25) is 14.5 Å². The van der Waals surface area contributed by atoms with E-state index in [0.717, 1.165) is 11.3 Å². The maximum atomic E-state index is 13.0. The zero-order valence-corrected chi connectivity index (χ0v) is 21.8. The molecule has 0 spiro atoms. The number of amides is 2. The zero-order chi connectivity index (χ0) is 27.1. The largest absolute Gasteiger partial charge is 0.504 e. The van der Waals surface area contributed by atoms with E-state index in [-0.39, 0.29) is 39.5 Å². The summed E-state index contributed by atoms with van der Waals surface area (Å²) in [4.78, 5) is 55.3. The van der Waals surface area contributed by atoms with Crippen LogP contribution in [0.3, 0.4) is 0 Å². The number of nitrogen functional groups attached to an aromatic ring is 1. The van der Waals surface area contributed by atoms with Crippen LogP contribution in [0.25, 0.3) is 11.0 Å². The van der Waals surface area contributed by atoms with Gasteiger partial charge in [-0.1, -0.05) is 16.9 Å². The number of aromatic hydroxyl groups is 2. The minimum absolute atomic E-state index is 0.138. The van der Waals surface area contributed by atoms with E-state index in [0.29, 0.717) is 27.5 Å². The average Bonchev–Trinajstić information content (AvgIpc) is 3.49. The molecule has 2 aliphatic rings. The highest BCUT2D eigenvalue weighted by Crippen LogP contribution is 2.41. The first-order valence-corrected chi connectivity index (χ1v) is 13.7. The molecule has 1 fully saturated rings. The summed E-state index contributed by atoms with van der Waals surface area (Å²) in [5, 5.41) is 37.1. The number of aliphatic carboxylic acids is 1. The minimum atomic E-state index is -1.26. The van der Waals surface area contributed by atoms with E-state index in [1.807, 2.05) is 0 Å². The van der Waals surface area contributed by atoms with Crippen LogP contribution in [0, 0.1) is 0 Å². The van der Waals surface area contributed by atoms with Gasteiger partial charge in [-0.05, 0) is 5.57 Å². The molecule has 0 radical (unpaired) electrons. The Balaban J connectivity index is 1.31. The van der Waals surface area contributed by atoms with Gasteiger partial charge in [0.15, 0.2) is 27.5 Å². The molecule has 198 valence electrons. The third-order valence-electron chi connectivity index (χ3n) is 5.64. The quantitative estimate of drug-likeness (QED) is 0.0723. The Labute approximate surface area is 225 Å². The minimum Gasteiger partial charge on any atom is -0.504 e. The van der Waals surface area contributed by atoms with Crippen LogP contribution >= 0.6 is 34.9 Å². The Morgan fingerprint density at radius 1 is 1.34 bits per heavy atom. The highest BCUT2D eigenvalue weighted by molar-refractivity contribution is 8.01. The number of phenols is 2. The molecule has 0 unspecified atom stereocenters. The summed E-state index contributed by atoms with van der Waals surface area (Å²) in [7, 11) is 1.26. The van der Waals surface area contributed by atoms with Crippen LogP contribution in [0.4, 0.5) is 5.13 Å². The first kappa shape index (κ1) is 25.7. The Bertz CT molecular complexity index is 1490. The van der Waals surface area contributed by atoms with Gasteiger partial charge in [-0.25, -0.2) is 14.8 Å². The fraction of sp³-hybridized carbons (Fsp3) is 0.238. The van der Waals surface area contributed by atoms with E-state index in [1.165, 1.54) is 53.0 Å². The predicted octanol–water partition coefficient (Wildman–Crippen LogP) is 0.894. The Kier molecular flexibility index (Phi) is 6.80. The molecule has 38 heavy (non-hydrogen) atoms. The Hall–Kier alpha value is -3.96. The third kappa shape index (κ3) is 4.59. The molecule has 0 bridgehead atoms. The van der Waals surface area contributed by atoms with Crippen LogP contribution in [0.2, 0.25) is 0 Å². The second-order valence-corrected chi connectivity index (χ2v) is 11.0. The van der Waals surface area contributed by atoms with Gasteiger partial charge in [-0.15, -0.1) is 23.1 Å². The number of carbonyl (C=O) groups excluding carboxylic acids is 2. The molecular weight excluding hydrogens is 558 g/mol. The number of hydrogen-bond acceptors (Lipinski definition) is 13. The fourth-order valence-corrected chi connectivity index (χ4v) is 6.85. The number of β-lactam (4-membered cyclic amide) rings is 1. The summed E-state index contributed by atoms with van der Waals surface area (Å²) >= 11 is 3.65. The maximum absolute atomic E-state index is 13.0. The molecule has 14 nitrogen and oxygen atoms in total. The van der Waals surface area contributed by atoms with Gasteiger partial charge < -0.3 is 36.2 Å². The molecule has 7 N–H and O–H groups in total. The first-order chi connectivity index (χ1) is 18.2. The number of carboxylic acids is 1.